The first-order chi connectivity index (χ1) is 14.0. The lowest BCUT2D eigenvalue weighted by Gasteiger charge is -2.47. The minimum Gasteiger partial charge on any atom is -0.354 e. The van der Waals surface area contributed by atoms with Gasteiger partial charge in [-0.05, 0) is 37.8 Å². The number of anilines is 1. The van der Waals surface area contributed by atoms with Crippen LogP contribution in [0.2, 0.25) is 0 Å². The zero-order valence-electron chi connectivity index (χ0n) is 16.7. The van der Waals surface area contributed by atoms with Crippen molar-refractivity contribution in [2.75, 3.05) is 51.2 Å². The van der Waals surface area contributed by atoms with Crippen molar-refractivity contribution in [3.63, 3.8) is 0 Å². The summed E-state index contributed by atoms with van der Waals surface area (Å²) >= 11 is 0. The minimum absolute atomic E-state index is 0.423. The Balaban J connectivity index is 1.28. The van der Waals surface area contributed by atoms with E-state index in [-0.39, 0.29) is 0 Å². The quantitative estimate of drug-likeness (QED) is 0.738. The molecule has 1 atom stereocenters. The highest BCUT2D eigenvalue weighted by Crippen LogP contribution is 2.46. The van der Waals surface area contributed by atoms with Gasteiger partial charge in [-0.3, -0.25) is 4.90 Å². The van der Waals surface area contributed by atoms with Gasteiger partial charge in [-0.25, -0.2) is 19.3 Å². The number of pyridine rings is 1. The maximum Gasteiger partial charge on any atom is 0.308 e. The summed E-state index contributed by atoms with van der Waals surface area (Å²) in [7, 11) is 2.21. The van der Waals surface area contributed by atoms with E-state index in [0.717, 1.165) is 26.2 Å². The van der Waals surface area contributed by atoms with Gasteiger partial charge < -0.3 is 9.80 Å². The lowest BCUT2D eigenvalue weighted by atomic mass is 9.78. The average molecular weight is 400 g/mol. The summed E-state index contributed by atoms with van der Waals surface area (Å²) < 4.78 is 27.0. The maximum absolute atomic E-state index is 13.9. The molecule has 0 amide bonds. The monoisotopic (exact) mass is 400 g/mol. The van der Waals surface area contributed by atoms with Gasteiger partial charge in [0.2, 0.25) is 0 Å². The van der Waals surface area contributed by atoms with Crippen LogP contribution in [-0.4, -0.2) is 77.1 Å². The molecule has 2 aromatic rings. The van der Waals surface area contributed by atoms with E-state index in [1.807, 2.05) is 0 Å². The lowest BCUT2D eigenvalue weighted by molar-refractivity contribution is 0.0204. The molecule has 154 valence electrons. The largest absolute Gasteiger partial charge is 0.354 e. The number of nitrogens with zero attached hydrogens (tertiary/aromatic N) is 6. The summed E-state index contributed by atoms with van der Waals surface area (Å²) in [6.07, 6.45) is 7.16. The fourth-order valence-electron chi connectivity index (χ4n) is 5.52. The second-order valence-corrected chi connectivity index (χ2v) is 8.86. The van der Waals surface area contributed by atoms with E-state index in [1.54, 1.807) is 0 Å². The highest BCUT2D eigenvalue weighted by molar-refractivity contribution is 5.75. The number of rotatable bonds is 3. The number of aromatic nitrogens is 3. The molecule has 5 rings (SSSR count). The SMILES string of the molecule is CN1CC2(CCC(N3CCN(c4ncc(F)cc4-c4cnc(F)nc4)CC3)C2)C1. The van der Waals surface area contributed by atoms with Crippen molar-refractivity contribution in [1.29, 1.82) is 0 Å². The Hall–Kier alpha value is -2.19. The highest BCUT2D eigenvalue weighted by Gasteiger charge is 2.48. The zero-order valence-corrected chi connectivity index (χ0v) is 16.7. The Labute approximate surface area is 169 Å². The third-order valence-corrected chi connectivity index (χ3v) is 6.78. The summed E-state index contributed by atoms with van der Waals surface area (Å²) in [5.41, 5.74) is 1.74. The summed E-state index contributed by atoms with van der Waals surface area (Å²) in [5, 5.41) is 0. The van der Waals surface area contributed by atoms with Crippen LogP contribution in [0.4, 0.5) is 14.6 Å². The van der Waals surface area contributed by atoms with Gasteiger partial charge in [0.1, 0.15) is 11.6 Å². The van der Waals surface area contributed by atoms with Crippen LogP contribution in [0.25, 0.3) is 11.1 Å². The van der Waals surface area contributed by atoms with E-state index in [0.29, 0.717) is 28.4 Å². The molecular formula is C21H26F2N6. The first-order valence-corrected chi connectivity index (χ1v) is 10.3. The van der Waals surface area contributed by atoms with E-state index >= 15 is 0 Å². The first-order valence-electron chi connectivity index (χ1n) is 10.3. The van der Waals surface area contributed by atoms with Crippen molar-refractivity contribution in [2.24, 2.45) is 5.41 Å². The molecule has 1 unspecified atom stereocenters. The second-order valence-electron chi connectivity index (χ2n) is 8.86. The fourth-order valence-corrected chi connectivity index (χ4v) is 5.52. The molecule has 0 aromatic carbocycles. The lowest BCUT2D eigenvalue weighted by Crippen LogP contribution is -2.54. The molecule has 1 spiro atoms. The molecule has 2 saturated heterocycles. The highest BCUT2D eigenvalue weighted by atomic mass is 19.1. The first kappa shape index (κ1) is 18.8. The molecule has 0 radical (unpaired) electrons. The molecule has 2 aliphatic heterocycles. The van der Waals surface area contributed by atoms with Gasteiger partial charge in [-0.1, -0.05) is 0 Å². The molecule has 0 bridgehead atoms. The van der Waals surface area contributed by atoms with Crippen LogP contribution in [0.3, 0.4) is 0 Å². The molecule has 1 aliphatic carbocycles. The normalized spacial score (nSPS) is 24.8. The van der Waals surface area contributed by atoms with Gasteiger partial charge in [0, 0.05) is 68.8 Å². The van der Waals surface area contributed by atoms with Gasteiger partial charge in [-0.2, -0.15) is 4.39 Å². The van der Waals surface area contributed by atoms with E-state index in [1.165, 1.54) is 57.0 Å². The molecule has 3 fully saturated rings. The number of hydrogen-bond acceptors (Lipinski definition) is 6. The van der Waals surface area contributed by atoms with Gasteiger partial charge >= 0.3 is 6.08 Å². The van der Waals surface area contributed by atoms with Crippen molar-refractivity contribution in [3.8, 4) is 11.1 Å². The smallest absolute Gasteiger partial charge is 0.308 e. The summed E-state index contributed by atoms with van der Waals surface area (Å²) in [5.74, 6) is 0.290. The summed E-state index contributed by atoms with van der Waals surface area (Å²) in [6.45, 7) is 6.14. The van der Waals surface area contributed by atoms with E-state index < -0.39 is 11.9 Å². The molecule has 1 saturated carbocycles. The topological polar surface area (TPSA) is 48.4 Å². The third kappa shape index (κ3) is 3.59. The van der Waals surface area contributed by atoms with Crippen LogP contribution in [-0.2, 0) is 0 Å². The number of hydrogen-bond donors (Lipinski definition) is 0. The molecule has 4 heterocycles. The van der Waals surface area contributed by atoms with Crippen LogP contribution < -0.4 is 4.90 Å². The summed E-state index contributed by atoms with van der Waals surface area (Å²) in [4.78, 5) is 18.8. The molecule has 2 aromatic heterocycles. The molecule has 3 aliphatic rings. The van der Waals surface area contributed by atoms with Crippen LogP contribution in [0.15, 0.2) is 24.7 Å². The Kier molecular flexibility index (Phi) is 4.70. The predicted molar refractivity (Wildman–Crippen MR) is 107 cm³/mol. The molecule has 6 nitrogen and oxygen atoms in total. The minimum atomic E-state index is -0.791. The van der Waals surface area contributed by atoms with E-state index in [9.17, 15) is 8.78 Å². The van der Waals surface area contributed by atoms with Gasteiger partial charge in [0.05, 0.1) is 6.20 Å². The Morgan fingerprint density at radius 1 is 1.00 bits per heavy atom. The third-order valence-electron chi connectivity index (χ3n) is 6.78. The molecule has 29 heavy (non-hydrogen) atoms. The van der Waals surface area contributed by atoms with Crippen molar-refractivity contribution >= 4 is 5.82 Å². The van der Waals surface area contributed by atoms with Crippen molar-refractivity contribution in [1.82, 2.24) is 24.8 Å². The molecule has 0 N–H and O–H groups in total. The van der Waals surface area contributed by atoms with Crippen molar-refractivity contribution in [3.05, 3.63) is 36.6 Å². The van der Waals surface area contributed by atoms with E-state index in [4.69, 9.17) is 0 Å². The predicted octanol–water partition coefficient (Wildman–Crippen LogP) is 2.42. The Morgan fingerprint density at radius 3 is 2.41 bits per heavy atom. The van der Waals surface area contributed by atoms with Crippen LogP contribution in [0.5, 0.6) is 0 Å². The van der Waals surface area contributed by atoms with Gasteiger partial charge in [0.15, 0.2) is 0 Å². The van der Waals surface area contributed by atoms with Gasteiger partial charge in [-0.15, -0.1) is 0 Å². The second kappa shape index (κ2) is 7.25. The van der Waals surface area contributed by atoms with Crippen molar-refractivity contribution in [2.45, 2.75) is 25.3 Å². The summed E-state index contributed by atoms with van der Waals surface area (Å²) in [6, 6.07) is 2.11. The maximum atomic E-state index is 13.9. The number of piperazine rings is 1. The Bertz CT molecular complexity index is 875. The molecular weight excluding hydrogens is 374 g/mol. The zero-order chi connectivity index (χ0) is 20.0. The van der Waals surface area contributed by atoms with Crippen LogP contribution in [0.1, 0.15) is 19.3 Å². The van der Waals surface area contributed by atoms with E-state index in [2.05, 4.69) is 36.7 Å². The molecule has 8 heteroatoms. The number of likely N-dealkylation sites (tertiary alicyclic amines) is 1. The standard InChI is InChI=1S/C21H26F2N6/c1-27-13-21(14-27)3-2-17(9-21)28-4-6-29(7-5-28)19-18(8-16(22)12-24-19)15-10-25-20(23)26-11-15/h8,10-12,17H,2-7,9,13-14H2,1H3. The van der Waals surface area contributed by atoms with Crippen molar-refractivity contribution < 1.29 is 8.78 Å². The van der Waals surface area contributed by atoms with Crippen LogP contribution in [0, 0.1) is 17.3 Å². The number of halogens is 2. The Morgan fingerprint density at radius 2 is 1.72 bits per heavy atom. The van der Waals surface area contributed by atoms with Gasteiger partial charge in [0.25, 0.3) is 0 Å². The fraction of sp³-hybridized carbons (Fsp3) is 0.571. The average Bonchev–Trinajstić information content (AvgIpc) is 3.14. The van der Waals surface area contributed by atoms with Crippen LogP contribution >= 0.6 is 0 Å².